The van der Waals surface area contributed by atoms with Gasteiger partial charge in [0.1, 0.15) is 4.75 Å². The van der Waals surface area contributed by atoms with Crippen LogP contribution in [0.2, 0.25) is 0 Å². The van der Waals surface area contributed by atoms with Crippen LogP contribution in [0.5, 0.6) is 5.75 Å². The Morgan fingerprint density at radius 2 is 2.00 bits per heavy atom. The molecule has 5 heteroatoms. The van der Waals surface area contributed by atoms with Gasteiger partial charge in [0.2, 0.25) is 0 Å². The Morgan fingerprint density at radius 3 is 2.52 bits per heavy atom. The quantitative estimate of drug-likeness (QED) is 0.749. The Kier molecular flexibility index (Phi) is 5.98. The zero-order valence-corrected chi connectivity index (χ0v) is 15.5. The topological polar surface area (TPSA) is 44.3 Å². The van der Waals surface area contributed by atoms with Crippen molar-refractivity contribution in [2.45, 2.75) is 58.2 Å². The van der Waals surface area contributed by atoms with E-state index in [1.807, 2.05) is 20.8 Å². The van der Waals surface area contributed by atoms with Gasteiger partial charge >= 0.3 is 0 Å². The molecule has 0 aliphatic heterocycles. The molecule has 0 radical (unpaired) electrons. The molecule has 1 saturated carbocycles. The molecule has 0 heterocycles. The van der Waals surface area contributed by atoms with Gasteiger partial charge in [-0.2, -0.15) is 0 Å². The van der Waals surface area contributed by atoms with Gasteiger partial charge in [0.05, 0.1) is 12.6 Å². The van der Waals surface area contributed by atoms with Crippen LogP contribution in [0.4, 0.5) is 4.39 Å². The fraction of sp³-hybridized carbons (Fsp3) is 0.667. The Bertz CT molecular complexity index is 526. The Balaban J connectivity index is 2.15. The van der Waals surface area contributed by atoms with Gasteiger partial charge in [-0.1, -0.05) is 19.9 Å². The molecule has 1 aromatic rings. The van der Waals surface area contributed by atoms with Crippen molar-refractivity contribution in [1.29, 1.82) is 0 Å². The fourth-order valence-electron chi connectivity index (χ4n) is 2.20. The molecule has 130 valence electrons. The van der Waals surface area contributed by atoms with Crippen LogP contribution < -0.4 is 9.46 Å². The van der Waals surface area contributed by atoms with E-state index in [0.717, 1.165) is 5.56 Å². The average molecular weight is 341 g/mol. The highest BCUT2D eigenvalue weighted by Crippen LogP contribution is 2.32. The van der Waals surface area contributed by atoms with E-state index in [9.17, 15) is 8.94 Å². The summed E-state index contributed by atoms with van der Waals surface area (Å²) in [6, 6.07) is 4.82. The van der Waals surface area contributed by atoms with Crippen molar-refractivity contribution in [2.75, 3.05) is 6.61 Å². The predicted molar refractivity (Wildman–Crippen MR) is 93.2 cm³/mol. The Labute approximate surface area is 142 Å². The number of hydrogen-bond donors (Lipinski definition) is 1. The molecule has 0 aromatic heterocycles. The molecule has 3 nitrogen and oxygen atoms in total. The van der Waals surface area contributed by atoms with Crippen LogP contribution >= 0.6 is 0 Å². The maximum absolute atomic E-state index is 14.0. The average Bonchev–Trinajstić information content (AvgIpc) is 3.26. The number of benzene rings is 1. The second-order valence-corrected chi connectivity index (χ2v) is 9.66. The van der Waals surface area contributed by atoms with Gasteiger partial charge in [-0.05, 0) is 63.1 Å². The van der Waals surface area contributed by atoms with Gasteiger partial charge in [0.25, 0.3) is 0 Å². The zero-order valence-electron chi connectivity index (χ0n) is 14.7. The van der Waals surface area contributed by atoms with Crippen molar-refractivity contribution < 1.29 is 13.7 Å². The first kappa shape index (κ1) is 18.6. The van der Waals surface area contributed by atoms with E-state index in [4.69, 9.17) is 4.74 Å². The number of hydrogen-bond acceptors (Lipinski definition) is 3. The summed E-state index contributed by atoms with van der Waals surface area (Å²) in [6.45, 7) is 10.5. The molecule has 1 fully saturated rings. The molecular formula is C18H28FNO2S. The molecular weight excluding hydrogens is 313 g/mol. The molecule has 0 saturated heterocycles. The first-order valence-electron chi connectivity index (χ1n) is 8.28. The molecule has 1 aromatic carbocycles. The van der Waals surface area contributed by atoms with E-state index < -0.39 is 11.4 Å². The van der Waals surface area contributed by atoms with Crippen LogP contribution in [0.15, 0.2) is 18.2 Å². The maximum atomic E-state index is 14.0. The van der Waals surface area contributed by atoms with Crippen LogP contribution in [0.25, 0.3) is 0 Å². The lowest BCUT2D eigenvalue weighted by molar-refractivity contribution is 0.284. The Hall–Kier alpha value is -0.780. The summed E-state index contributed by atoms with van der Waals surface area (Å²) in [5, 5.41) is 0. The second-order valence-electron chi connectivity index (χ2n) is 7.66. The van der Waals surface area contributed by atoms with Gasteiger partial charge in [-0.3, -0.25) is 0 Å². The number of halogens is 1. The van der Waals surface area contributed by atoms with Gasteiger partial charge in [-0.25, -0.2) is 4.39 Å². The lowest BCUT2D eigenvalue weighted by atomic mass is 9.97. The highest BCUT2D eigenvalue weighted by molar-refractivity contribution is 7.90. The molecule has 1 unspecified atom stereocenters. The summed E-state index contributed by atoms with van der Waals surface area (Å²) < 4.78 is 34.8. The molecule has 1 aliphatic carbocycles. The van der Waals surface area contributed by atoms with Crippen molar-refractivity contribution in [3.8, 4) is 5.75 Å². The third-order valence-corrected chi connectivity index (χ3v) is 5.52. The van der Waals surface area contributed by atoms with Crippen molar-refractivity contribution in [2.24, 2.45) is 11.8 Å². The maximum Gasteiger partial charge on any atom is 0.165 e. The minimum atomic E-state index is -1.19. The summed E-state index contributed by atoms with van der Waals surface area (Å²) in [5.41, 5.74) is 0.907. The van der Waals surface area contributed by atoms with Gasteiger partial charge in [-0.15, -0.1) is 4.72 Å². The summed E-state index contributed by atoms with van der Waals surface area (Å²) >= 11 is -1.19. The first-order chi connectivity index (χ1) is 10.7. The molecule has 1 N–H and O–H groups in total. The number of ether oxygens (including phenoxy) is 1. The monoisotopic (exact) mass is 341 g/mol. The predicted octanol–water partition coefficient (Wildman–Crippen LogP) is 4.36. The first-order valence-corrected chi connectivity index (χ1v) is 9.43. The summed E-state index contributed by atoms with van der Waals surface area (Å²) in [4.78, 5) is 0. The molecule has 1 aliphatic rings. The van der Waals surface area contributed by atoms with Crippen molar-refractivity contribution in [3.63, 3.8) is 0 Å². The number of nitrogens with one attached hydrogen (secondary N) is 1. The van der Waals surface area contributed by atoms with Crippen LogP contribution in [0.3, 0.4) is 0 Å². The zero-order chi connectivity index (χ0) is 17.2. The lowest BCUT2D eigenvalue weighted by Gasteiger charge is -2.30. The summed E-state index contributed by atoms with van der Waals surface area (Å²) in [6.07, 6.45) is 2.34. The summed E-state index contributed by atoms with van der Waals surface area (Å²) in [7, 11) is 0. The van der Waals surface area contributed by atoms with Crippen LogP contribution in [-0.4, -0.2) is 15.9 Å². The summed E-state index contributed by atoms with van der Waals surface area (Å²) in [5.74, 6) is 0.755. The minimum Gasteiger partial charge on any atom is -0.598 e. The standard InChI is InChI=1S/C18H28FNO2S/c1-12(2)17(20-23(21)18(3,4)5)14-8-9-15(19)16(10-14)22-11-13-6-7-13/h8-10,12-13,17,20H,6-7,11H2,1-5H3/t17?,23-/m0/s1. The number of rotatable bonds is 7. The molecule has 2 rings (SSSR count). The van der Waals surface area contributed by atoms with E-state index in [-0.39, 0.29) is 22.5 Å². The smallest absolute Gasteiger partial charge is 0.165 e. The van der Waals surface area contributed by atoms with Crippen LogP contribution in [0, 0.1) is 17.7 Å². The molecule has 0 spiro atoms. The highest BCUT2D eigenvalue weighted by atomic mass is 32.2. The molecule has 0 amide bonds. The Morgan fingerprint density at radius 1 is 1.35 bits per heavy atom. The highest BCUT2D eigenvalue weighted by Gasteiger charge is 2.31. The van der Waals surface area contributed by atoms with E-state index in [1.165, 1.54) is 18.9 Å². The van der Waals surface area contributed by atoms with Gasteiger partial charge in [0, 0.05) is 11.4 Å². The molecule has 2 atom stereocenters. The fourth-order valence-corrected chi connectivity index (χ4v) is 3.19. The molecule has 23 heavy (non-hydrogen) atoms. The SMILES string of the molecule is CC(C)C(N[S@@+]([O-])C(C)(C)C)c1ccc(F)c(OCC2CC2)c1. The van der Waals surface area contributed by atoms with Crippen molar-refractivity contribution in [1.82, 2.24) is 4.72 Å². The van der Waals surface area contributed by atoms with E-state index >= 15 is 0 Å². The third kappa shape index (κ3) is 5.37. The van der Waals surface area contributed by atoms with Crippen LogP contribution in [0.1, 0.15) is 59.1 Å². The second kappa shape index (κ2) is 7.41. The molecule has 0 bridgehead atoms. The van der Waals surface area contributed by atoms with E-state index in [2.05, 4.69) is 18.6 Å². The third-order valence-electron chi connectivity index (χ3n) is 3.94. The minimum absolute atomic E-state index is 0.112. The van der Waals surface area contributed by atoms with E-state index in [1.54, 1.807) is 12.1 Å². The largest absolute Gasteiger partial charge is 0.598 e. The van der Waals surface area contributed by atoms with Gasteiger partial charge in [0.15, 0.2) is 11.6 Å². The van der Waals surface area contributed by atoms with E-state index in [0.29, 0.717) is 18.3 Å². The van der Waals surface area contributed by atoms with Crippen molar-refractivity contribution in [3.05, 3.63) is 29.6 Å². The normalized spacial score (nSPS) is 18.1. The van der Waals surface area contributed by atoms with Crippen molar-refractivity contribution >= 4 is 11.4 Å². The van der Waals surface area contributed by atoms with Gasteiger partial charge < -0.3 is 9.29 Å². The van der Waals surface area contributed by atoms with Crippen LogP contribution in [-0.2, 0) is 11.4 Å². The lowest BCUT2D eigenvalue weighted by Crippen LogP contribution is -2.42.